The molecule has 0 saturated heterocycles. The summed E-state index contributed by atoms with van der Waals surface area (Å²) in [4.78, 5) is 22.5. The highest BCUT2D eigenvalue weighted by molar-refractivity contribution is 9.09. The second kappa shape index (κ2) is 5.69. The SMILES string of the molecule is Cc1cc(C(=O)NC(C)(C)C(C)Br)ccc1[N+](=O)[O-]. The normalized spacial score (nSPS) is 12.9. The predicted octanol–water partition coefficient (Wildman–Crippen LogP) is 3.20. The van der Waals surface area contributed by atoms with Gasteiger partial charge in [-0.25, -0.2) is 0 Å². The third-order valence-corrected chi connectivity index (χ3v) is 4.23. The molecule has 0 radical (unpaired) electrons. The zero-order chi connectivity index (χ0) is 14.8. The third kappa shape index (κ3) is 3.76. The van der Waals surface area contributed by atoms with Gasteiger partial charge < -0.3 is 5.32 Å². The first-order valence-electron chi connectivity index (χ1n) is 5.87. The lowest BCUT2D eigenvalue weighted by Gasteiger charge is -2.29. The van der Waals surface area contributed by atoms with Crippen LogP contribution in [-0.4, -0.2) is 21.2 Å². The number of nitro benzene ring substituents is 1. The van der Waals surface area contributed by atoms with Gasteiger partial charge in [-0.05, 0) is 32.9 Å². The van der Waals surface area contributed by atoms with Gasteiger partial charge in [-0.15, -0.1) is 0 Å². The lowest BCUT2D eigenvalue weighted by atomic mass is 10.0. The lowest BCUT2D eigenvalue weighted by Crippen LogP contribution is -2.48. The molecule has 0 aromatic heterocycles. The Morgan fingerprint density at radius 2 is 2.05 bits per heavy atom. The Morgan fingerprint density at radius 1 is 1.47 bits per heavy atom. The molecule has 1 rings (SSSR count). The molecule has 0 bridgehead atoms. The monoisotopic (exact) mass is 328 g/mol. The fraction of sp³-hybridized carbons (Fsp3) is 0.462. The highest BCUT2D eigenvalue weighted by Gasteiger charge is 2.26. The van der Waals surface area contributed by atoms with E-state index in [0.29, 0.717) is 11.1 Å². The Hall–Kier alpha value is -1.43. The number of benzene rings is 1. The highest BCUT2D eigenvalue weighted by atomic mass is 79.9. The van der Waals surface area contributed by atoms with Gasteiger partial charge in [-0.1, -0.05) is 22.9 Å². The van der Waals surface area contributed by atoms with Crippen LogP contribution in [-0.2, 0) is 0 Å². The van der Waals surface area contributed by atoms with Gasteiger partial charge in [0.1, 0.15) is 0 Å². The maximum Gasteiger partial charge on any atom is 0.272 e. The van der Waals surface area contributed by atoms with Crippen molar-refractivity contribution in [2.24, 2.45) is 0 Å². The Morgan fingerprint density at radius 3 is 2.47 bits per heavy atom. The van der Waals surface area contributed by atoms with Crippen molar-refractivity contribution in [2.75, 3.05) is 0 Å². The van der Waals surface area contributed by atoms with Crippen molar-refractivity contribution >= 4 is 27.5 Å². The molecule has 0 spiro atoms. The minimum atomic E-state index is -0.457. The van der Waals surface area contributed by atoms with Crippen LogP contribution in [0.1, 0.15) is 36.7 Å². The van der Waals surface area contributed by atoms with Crippen molar-refractivity contribution in [3.63, 3.8) is 0 Å². The number of carbonyl (C=O) groups excluding carboxylic acids is 1. The van der Waals surface area contributed by atoms with Gasteiger partial charge in [-0.3, -0.25) is 14.9 Å². The Balaban J connectivity index is 2.96. The molecule has 0 saturated carbocycles. The Kier molecular flexibility index (Phi) is 4.68. The van der Waals surface area contributed by atoms with E-state index in [1.165, 1.54) is 18.2 Å². The average molecular weight is 329 g/mol. The van der Waals surface area contributed by atoms with Gasteiger partial charge >= 0.3 is 0 Å². The number of nitrogens with one attached hydrogen (secondary N) is 1. The van der Waals surface area contributed by atoms with Gasteiger partial charge in [0.2, 0.25) is 0 Å². The van der Waals surface area contributed by atoms with Crippen LogP contribution in [0, 0.1) is 17.0 Å². The van der Waals surface area contributed by atoms with Crippen LogP contribution in [0.2, 0.25) is 0 Å². The van der Waals surface area contributed by atoms with E-state index in [1.807, 2.05) is 20.8 Å². The van der Waals surface area contributed by atoms with E-state index < -0.39 is 10.5 Å². The number of nitrogens with zero attached hydrogens (tertiary/aromatic N) is 1. The summed E-state index contributed by atoms with van der Waals surface area (Å²) >= 11 is 3.44. The van der Waals surface area contributed by atoms with Crippen molar-refractivity contribution in [3.05, 3.63) is 39.4 Å². The summed E-state index contributed by atoms with van der Waals surface area (Å²) in [5, 5.41) is 13.6. The highest BCUT2D eigenvalue weighted by Crippen LogP contribution is 2.21. The Bertz CT molecular complexity index is 513. The fourth-order valence-electron chi connectivity index (χ4n) is 1.47. The van der Waals surface area contributed by atoms with Gasteiger partial charge in [0.25, 0.3) is 11.6 Å². The summed E-state index contributed by atoms with van der Waals surface area (Å²) < 4.78 is 0. The Labute approximate surface area is 120 Å². The molecule has 1 unspecified atom stereocenters. The molecule has 19 heavy (non-hydrogen) atoms. The molecule has 0 heterocycles. The van der Waals surface area contributed by atoms with Gasteiger partial charge in [0.15, 0.2) is 0 Å². The van der Waals surface area contributed by atoms with Crippen molar-refractivity contribution in [3.8, 4) is 0 Å². The minimum Gasteiger partial charge on any atom is -0.346 e. The van der Waals surface area contributed by atoms with E-state index in [0.717, 1.165) is 0 Å². The van der Waals surface area contributed by atoms with Crippen molar-refractivity contribution in [1.29, 1.82) is 0 Å². The first-order chi connectivity index (χ1) is 8.65. The zero-order valence-electron chi connectivity index (χ0n) is 11.4. The van der Waals surface area contributed by atoms with E-state index in [4.69, 9.17) is 0 Å². The average Bonchev–Trinajstić information content (AvgIpc) is 2.27. The second-order valence-corrected chi connectivity index (χ2v) is 6.42. The van der Waals surface area contributed by atoms with Gasteiger partial charge in [0, 0.05) is 27.6 Å². The van der Waals surface area contributed by atoms with Crippen LogP contribution in [0.3, 0.4) is 0 Å². The van der Waals surface area contributed by atoms with Crippen LogP contribution >= 0.6 is 15.9 Å². The van der Waals surface area contributed by atoms with Crippen LogP contribution in [0.15, 0.2) is 18.2 Å². The molecule has 0 fully saturated rings. The number of alkyl halides is 1. The van der Waals surface area contributed by atoms with E-state index in [2.05, 4.69) is 21.2 Å². The van der Waals surface area contributed by atoms with Crippen LogP contribution < -0.4 is 5.32 Å². The summed E-state index contributed by atoms with van der Waals surface area (Å²) in [5.74, 6) is -0.241. The van der Waals surface area contributed by atoms with Gasteiger partial charge in [0.05, 0.1) is 4.92 Å². The van der Waals surface area contributed by atoms with Crippen LogP contribution in [0.5, 0.6) is 0 Å². The molecule has 0 aliphatic rings. The summed E-state index contributed by atoms with van der Waals surface area (Å²) in [7, 11) is 0. The summed E-state index contributed by atoms with van der Waals surface area (Å²) in [6.07, 6.45) is 0. The van der Waals surface area contributed by atoms with E-state index in [9.17, 15) is 14.9 Å². The number of rotatable bonds is 4. The topological polar surface area (TPSA) is 72.2 Å². The quantitative estimate of drug-likeness (QED) is 0.524. The fourth-order valence-corrected chi connectivity index (χ4v) is 1.58. The first kappa shape index (κ1) is 15.6. The molecule has 0 aliphatic carbocycles. The molecule has 1 aromatic carbocycles. The molecule has 104 valence electrons. The van der Waals surface area contributed by atoms with Crippen LogP contribution in [0.4, 0.5) is 5.69 Å². The first-order valence-corrected chi connectivity index (χ1v) is 6.78. The predicted molar refractivity (Wildman–Crippen MR) is 77.8 cm³/mol. The molecular weight excluding hydrogens is 312 g/mol. The summed E-state index contributed by atoms with van der Waals surface area (Å²) in [6.45, 7) is 7.37. The molecule has 1 aromatic rings. The number of halogens is 1. The molecule has 6 heteroatoms. The number of nitro groups is 1. The number of carbonyl (C=O) groups is 1. The van der Waals surface area contributed by atoms with Crippen molar-refractivity contribution < 1.29 is 9.72 Å². The largest absolute Gasteiger partial charge is 0.346 e. The maximum atomic E-state index is 12.1. The number of hydrogen-bond donors (Lipinski definition) is 1. The molecule has 1 N–H and O–H groups in total. The molecule has 5 nitrogen and oxygen atoms in total. The lowest BCUT2D eigenvalue weighted by molar-refractivity contribution is -0.385. The number of hydrogen-bond acceptors (Lipinski definition) is 3. The maximum absolute atomic E-state index is 12.1. The number of amides is 1. The standard InChI is InChI=1S/C13H17BrN2O3/c1-8-7-10(5-6-11(8)16(18)19)12(17)15-13(3,4)9(2)14/h5-7,9H,1-4H3,(H,15,17). The third-order valence-electron chi connectivity index (χ3n) is 3.09. The second-order valence-electron chi connectivity index (χ2n) is 5.05. The summed E-state index contributed by atoms with van der Waals surface area (Å²) in [5.41, 5.74) is 0.503. The zero-order valence-corrected chi connectivity index (χ0v) is 12.9. The van der Waals surface area contributed by atoms with E-state index in [1.54, 1.807) is 6.92 Å². The molecule has 0 aliphatic heterocycles. The molecular formula is C13H17BrN2O3. The molecule has 1 atom stereocenters. The van der Waals surface area contributed by atoms with Gasteiger partial charge in [-0.2, -0.15) is 0 Å². The number of aryl methyl sites for hydroxylation is 1. The van der Waals surface area contributed by atoms with Crippen molar-refractivity contribution in [2.45, 2.75) is 38.1 Å². The van der Waals surface area contributed by atoms with E-state index >= 15 is 0 Å². The molecule has 1 amide bonds. The minimum absolute atomic E-state index is 0.0182. The smallest absolute Gasteiger partial charge is 0.272 e. The summed E-state index contributed by atoms with van der Waals surface area (Å²) in [6, 6.07) is 4.35. The van der Waals surface area contributed by atoms with E-state index in [-0.39, 0.29) is 16.4 Å². The van der Waals surface area contributed by atoms with Crippen molar-refractivity contribution in [1.82, 2.24) is 5.32 Å². The van der Waals surface area contributed by atoms with Crippen LogP contribution in [0.25, 0.3) is 0 Å².